The molecule has 0 bridgehead atoms. The van der Waals surface area contributed by atoms with Crippen molar-refractivity contribution >= 4 is 40.6 Å². The number of amides is 2. The number of nitrogens with zero attached hydrogens (tertiary/aromatic N) is 4. The maximum atomic E-state index is 12.9. The monoisotopic (exact) mass is 639 g/mol. The number of aliphatic hydroxyl groups excluding tert-OH is 4. The van der Waals surface area contributed by atoms with Crippen molar-refractivity contribution in [1.29, 1.82) is 0 Å². The van der Waals surface area contributed by atoms with Crippen LogP contribution in [0.1, 0.15) is 23.6 Å². The van der Waals surface area contributed by atoms with Gasteiger partial charge in [0.15, 0.2) is 17.0 Å². The summed E-state index contributed by atoms with van der Waals surface area (Å²) in [6.45, 7) is -0.946. The van der Waals surface area contributed by atoms with Crippen LogP contribution in [0.4, 0.5) is 10.6 Å². The number of aromatic nitrogens is 4. The molecule has 0 radical (unpaired) electrons. The molecule has 2 amide bonds. The van der Waals surface area contributed by atoms with Crippen molar-refractivity contribution in [2.75, 3.05) is 18.5 Å². The molecule has 14 nitrogen and oxygen atoms in total. The summed E-state index contributed by atoms with van der Waals surface area (Å²) in [6.07, 6.45) is -1.63. The second-order valence-electron chi connectivity index (χ2n) is 10.7. The number of ether oxygens (including phenoxy) is 1. The Labute approximate surface area is 263 Å². The van der Waals surface area contributed by atoms with Crippen molar-refractivity contribution in [3.05, 3.63) is 83.4 Å². The fourth-order valence-electron chi connectivity index (χ4n) is 5.30. The molecule has 6 atom stereocenters. The second-order valence-corrected chi connectivity index (χ2v) is 11.1. The summed E-state index contributed by atoms with van der Waals surface area (Å²) in [5.41, 5.74) is 2.35. The molecule has 4 aromatic rings. The number of nitrogens with one attached hydrogen (secondary N) is 3. The van der Waals surface area contributed by atoms with Gasteiger partial charge in [-0.3, -0.25) is 4.79 Å². The van der Waals surface area contributed by atoms with Gasteiger partial charge in [0.25, 0.3) is 0 Å². The van der Waals surface area contributed by atoms with Crippen molar-refractivity contribution in [1.82, 2.24) is 30.2 Å². The number of hydrogen-bond acceptors (Lipinski definition) is 11. The summed E-state index contributed by atoms with van der Waals surface area (Å²) in [7, 11) is 0. The van der Waals surface area contributed by atoms with Gasteiger partial charge in [0.2, 0.25) is 11.2 Å². The van der Waals surface area contributed by atoms with Gasteiger partial charge in [-0.2, -0.15) is 9.97 Å². The van der Waals surface area contributed by atoms with Gasteiger partial charge in [-0.25, -0.2) is 9.78 Å². The van der Waals surface area contributed by atoms with Crippen molar-refractivity contribution in [3.63, 3.8) is 0 Å². The van der Waals surface area contributed by atoms with E-state index in [1.165, 1.54) is 6.33 Å². The number of hydrogen-bond donors (Lipinski definition) is 7. The first-order valence-corrected chi connectivity index (χ1v) is 14.7. The summed E-state index contributed by atoms with van der Waals surface area (Å²) in [5, 5.41) is 49.5. The molecule has 2 heterocycles. The lowest BCUT2D eigenvalue weighted by Gasteiger charge is -2.21. The molecule has 2 aromatic heterocycles. The highest BCUT2D eigenvalue weighted by Crippen LogP contribution is 2.34. The number of imidazole rings is 1. The predicted octanol–water partition coefficient (Wildman–Crippen LogP) is 0.934. The van der Waals surface area contributed by atoms with E-state index >= 15 is 0 Å². The third kappa shape index (κ3) is 7.67. The summed E-state index contributed by atoms with van der Waals surface area (Å²) in [4.78, 5) is 38.1. The number of carbonyl (C=O) groups is 2. The number of fused-ring (bicyclic) bond motifs is 1. The Morgan fingerprint density at radius 2 is 1.67 bits per heavy atom. The highest BCUT2D eigenvalue weighted by atomic mass is 35.5. The van der Waals surface area contributed by atoms with Gasteiger partial charge < -0.3 is 45.7 Å². The number of aliphatic hydroxyl groups is 4. The molecule has 1 aliphatic carbocycles. The normalized spacial score (nSPS) is 20.8. The van der Waals surface area contributed by atoms with E-state index in [4.69, 9.17) is 16.3 Å². The SMILES string of the molecule is O=C(N[C@@H](CO)C(=O)N[C@H]1C[C@@H](n2cnc3c(N[C@H](CO)Cc4ccccc4)nc(Cl)nc32)[C@H](O)[C@@H]1O)OCc1ccccc1. The number of benzene rings is 2. The van der Waals surface area contributed by atoms with Crippen LogP contribution in [-0.2, 0) is 22.6 Å². The molecule has 0 aliphatic heterocycles. The second kappa shape index (κ2) is 14.6. The van der Waals surface area contributed by atoms with Gasteiger partial charge in [0.05, 0.1) is 37.7 Å². The minimum Gasteiger partial charge on any atom is -0.445 e. The molecule has 45 heavy (non-hydrogen) atoms. The third-order valence-corrected chi connectivity index (χ3v) is 7.79. The molecule has 5 rings (SSSR count). The molecule has 15 heteroatoms. The molecule has 1 saturated carbocycles. The van der Waals surface area contributed by atoms with Crippen LogP contribution in [0, 0.1) is 0 Å². The number of anilines is 1. The van der Waals surface area contributed by atoms with Crippen LogP contribution in [0.5, 0.6) is 0 Å². The van der Waals surface area contributed by atoms with Crippen molar-refractivity contribution in [2.24, 2.45) is 0 Å². The maximum absolute atomic E-state index is 12.9. The van der Waals surface area contributed by atoms with E-state index in [2.05, 4.69) is 30.9 Å². The fraction of sp³-hybridized carbons (Fsp3) is 0.367. The van der Waals surface area contributed by atoms with E-state index in [0.717, 1.165) is 11.1 Å². The van der Waals surface area contributed by atoms with Crippen LogP contribution >= 0.6 is 11.6 Å². The highest BCUT2D eigenvalue weighted by Gasteiger charge is 2.44. The largest absolute Gasteiger partial charge is 0.445 e. The topological polar surface area (TPSA) is 204 Å². The van der Waals surface area contributed by atoms with E-state index in [1.54, 1.807) is 28.8 Å². The van der Waals surface area contributed by atoms with Gasteiger partial charge in [-0.05, 0) is 35.6 Å². The average Bonchev–Trinajstić information content (AvgIpc) is 3.59. The van der Waals surface area contributed by atoms with Crippen LogP contribution in [-0.4, -0.2) is 95.5 Å². The molecule has 0 spiro atoms. The molecule has 1 aliphatic rings. The molecule has 238 valence electrons. The summed E-state index contributed by atoms with van der Waals surface area (Å²) in [5.74, 6) is -0.487. The minimum absolute atomic E-state index is 0.0288. The zero-order valence-electron chi connectivity index (χ0n) is 24.0. The van der Waals surface area contributed by atoms with Crippen molar-refractivity contribution in [2.45, 2.75) is 55.8 Å². The molecule has 1 fully saturated rings. The lowest BCUT2D eigenvalue weighted by Crippen LogP contribution is -2.53. The standard InChI is InChI=1S/C30H34ClN7O7/c31-29-36-26(33-19(13-39)11-17-7-3-1-4-8-17)23-27(37-29)38(16-32-23)22-12-20(24(41)25(22)42)34-28(43)21(14-40)35-30(44)45-15-18-9-5-2-6-10-18/h1-10,16,19-22,24-25,39-42H,11-15H2,(H,34,43)(H,35,44)(H,33,36,37)/t19-,20-,21-,22+,24+,25-/m0/s1. The van der Waals surface area contributed by atoms with Crippen molar-refractivity contribution < 1.29 is 34.8 Å². The van der Waals surface area contributed by atoms with E-state index in [-0.39, 0.29) is 36.4 Å². The molecular weight excluding hydrogens is 606 g/mol. The lowest BCUT2D eigenvalue weighted by molar-refractivity contribution is -0.125. The first kappa shape index (κ1) is 32.1. The van der Waals surface area contributed by atoms with E-state index < -0.39 is 55.0 Å². The van der Waals surface area contributed by atoms with Gasteiger partial charge in [0, 0.05) is 0 Å². The van der Waals surface area contributed by atoms with E-state index in [0.29, 0.717) is 11.9 Å². The number of alkyl carbamates (subject to hydrolysis) is 1. The summed E-state index contributed by atoms with van der Waals surface area (Å²) >= 11 is 6.26. The molecule has 0 saturated heterocycles. The van der Waals surface area contributed by atoms with Gasteiger partial charge in [-0.1, -0.05) is 60.7 Å². The minimum atomic E-state index is -1.39. The van der Waals surface area contributed by atoms with Crippen LogP contribution < -0.4 is 16.0 Å². The molecular formula is C30H34ClN7O7. The summed E-state index contributed by atoms with van der Waals surface area (Å²) in [6, 6.07) is 15.1. The van der Waals surface area contributed by atoms with E-state index in [9.17, 15) is 30.0 Å². The first-order valence-electron chi connectivity index (χ1n) is 14.3. The maximum Gasteiger partial charge on any atom is 0.408 e. The Kier molecular flexibility index (Phi) is 10.4. The van der Waals surface area contributed by atoms with Gasteiger partial charge >= 0.3 is 6.09 Å². The lowest BCUT2D eigenvalue weighted by atomic mass is 10.1. The predicted molar refractivity (Wildman–Crippen MR) is 163 cm³/mol. The number of rotatable bonds is 12. The Bertz CT molecular complexity index is 1590. The Morgan fingerprint density at radius 1 is 0.978 bits per heavy atom. The Balaban J connectivity index is 1.25. The van der Waals surface area contributed by atoms with Gasteiger partial charge in [0.1, 0.15) is 24.9 Å². The Morgan fingerprint density at radius 3 is 2.33 bits per heavy atom. The zero-order valence-corrected chi connectivity index (χ0v) is 24.8. The molecule has 7 N–H and O–H groups in total. The highest BCUT2D eigenvalue weighted by molar-refractivity contribution is 6.28. The van der Waals surface area contributed by atoms with Crippen LogP contribution in [0.2, 0.25) is 5.28 Å². The fourth-order valence-corrected chi connectivity index (χ4v) is 5.46. The zero-order chi connectivity index (χ0) is 31.9. The Hall–Kier alpha value is -4.34. The van der Waals surface area contributed by atoms with Crippen molar-refractivity contribution in [3.8, 4) is 0 Å². The quantitative estimate of drug-likeness (QED) is 0.109. The summed E-state index contributed by atoms with van der Waals surface area (Å²) < 4.78 is 6.67. The molecule has 2 aromatic carbocycles. The number of carbonyl (C=O) groups excluding carboxylic acids is 2. The van der Waals surface area contributed by atoms with Crippen LogP contribution in [0.15, 0.2) is 67.0 Å². The average molecular weight is 640 g/mol. The van der Waals surface area contributed by atoms with Crippen LogP contribution in [0.3, 0.4) is 0 Å². The first-order chi connectivity index (χ1) is 21.8. The molecule has 0 unspecified atom stereocenters. The number of halogens is 1. The van der Waals surface area contributed by atoms with Gasteiger partial charge in [-0.15, -0.1) is 0 Å². The third-order valence-electron chi connectivity index (χ3n) is 7.62. The smallest absolute Gasteiger partial charge is 0.408 e. The van der Waals surface area contributed by atoms with Crippen LogP contribution in [0.25, 0.3) is 11.2 Å². The van der Waals surface area contributed by atoms with E-state index in [1.807, 2.05) is 36.4 Å².